The highest BCUT2D eigenvalue weighted by molar-refractivity contribution is 7.07. The smallest absolute Gasteiger partial charge is 0.346 e. The van der Waals surface area contributed by atoms with Crippen molar-refractivity contribution in [2.24, 2.45) is 0 Å². The Balaban J connectivity index is 1.67. The van der Waals surface area contributed by atoms with Gasteiger partial charge in [0.2, 0.25) is 5.91 Å². The van der Waals surface area contributed by atoms with Crippen LogP contribution in [0.2, 0.25) is 0 Å². The summed E-state index contributed by atoms with van der Waals surface area (Å²) < 4.78 is 39.2. The van der Waals surface area contributed by atoms with Gasteiger partial charge < -0.3 is 10.2 Å². The van der Waals surface area contributed by atoms with E-state index in [2.05, 4.69) is 10.3 Å². The van der Waals surface area contributed by atoms with E-state index in [0.717, 1.165) is 6.07 Å². The molecule has 132 valence electrons. The van der Waals surface area contributed by atoms with E-state index in [1.807, 2.05) is 0 Å². The normalized spacial score (nSPS) is 17.8. The molecule has 0 spiro atoms. The molecule has 2 amide bonds. The van der Waals surface area contributed by atoms with Gasteiger partial charge in [-0.1, -0.05) is 18.2 Å². The summed E-state index contributed by atoms with van der Waals surface area (Å²) in [6, 6.07) is 4.73. The minimum atomic E-state index is -4.47. The Morgan fingerprint density at radius 3 is 2.80 bits per heavy atom. The second-order valence-electron chi connectivity index (χ2n) is 5.68. The van der Waals surface area contributed by atoms with Gasteiger partial charge in [0.15, 0.2) is 0 Å². The summed E-state index contributed by atoms with van der Waals surface area (Å²) in [4.78, 5) is 29.3. The van der Waals surface area contributed by atoms with E-state index in [9.17, 15) is 22.8 Å². The van der Waals surface area contributed by atoms with Crippen LogP contribution in [-0.4, -0.2) is 34.3 Å². The molecule has 5 nitrogen and oxygen atoms in total. The Hall–Kier alpha value is -2.42. The number of aromatic nitrogens is 1. The van der Waals surface area contributed by atoms with Crippen molar-refractivity contribution in [1.29, 1.82) is 0 Å². The first kappa shape index (κ1) is 17.4. The van der Waals surface area contributed by atoms with Crippen molar-refractivity contribution in [3.05, 3.63) is 52.0 Å². The molecule has 1 aliphatic heterocycles. The summed E-state index contributed by atoms with van der Waals surface area (Å²) in [7, 11) is 0. The van der Waals surface area contributed by atoms with E-state index in [1.54, 1.807) is 5.38 Å². The minimum absolute atomic E-state index is 0.0369. The van der Waals surface area contributed by atoms with Gasteiger partial charge in [0, 0.05) is 24.9 Å². The van der Waals surface area contributed by atoms with E-state index in [0.29, 0.717) is 0 Å². The fourth-order valence-electron chi connectivity index (χ4n) is 2.75. The van der Waals surface area contributed by atoms with Crippen molar-refractivity contribution < 1.29 is 22.8 Å². The Kier molecular flexibility index (Phi) is 4.76. The molecule has 1 aromatic heterocycles. The van der Waals surface area contributed by atoms with Gasteiger partial charge in [-0.25, -0.2) is 4.98 Å². The van der Waals surface area contributed by atoms with Crippen LogP contribution in [0.15, 0.2) is 35.2 Å². The lowest BCUT2D eigenvalue weighted by Gasteiger charge is -2.20. The van der Waals surface area contributed by atoms with E-state index in [4.69, 9.17) is 0 Å². The highest BCUT2D eigenvalue weighted by Crippen LogP contribution is 2.32. The van der Waals surface area contributed by atoms with Crippen LogP contribution in [0.1, 0.15) is 28.0 Å². The zero-order valence-electron chi connectivity index (χ0n) is 12.9. The molecular weight excluding hydrogens is 355 g/mol. The number of nitrogens with one attached hydrogen (secondary N) is 1. The van der Waals surface area contributed by atoms with Crippen LogP contribution in [0.4, 0.5) is 13.2 Å². The maximum Gasteiger partial charge on any atom is 0.416 e. The maximum absolute atomic E-state index is 13.1. The van der Waals surface area contributed by atoms with Crippen LogP contribution in [0, 0.1) is 0 Å². The number of hydrogen-bond acceptors (Lipinski definition) is 4. The summed E-state index contributed by atoms with van der Waals surface area (Å²) in [6.45, 7) is 0.0263. The average molecular weight is 369 g/mol. The van der Waals surface area contributed by atoms with Crippen LogP contribution in [-0.2, 0) is 17.5 Å². The number of hydrogen-bond donors (Lipinski definition) is 1. The summed E-state index contributed by atoms with van der Waals surface area (Å²) in [5, 5.41) is 4.28. The molecule has 3 rings (SSSR count). The number of nitrogens with zero attached hydrogens (tertiary/aromatic N) is 2. The lowest BCUT2D eigenvalue weighted by Crippen LogP contribution is -2.37. The number of halogens is 3. The van der Waals surface area contributed by atoms with Gasteiger partial charge in [-0.2, -0.15) is 13.2 Å². The number of alkyl halides is 3. The third-order valence-corrected chi connectivity index (χ3v) is 4.49. The first-order valence-corrected chi connectivity index (χ1v) is 8.41. The molecule has 25 heavy (non-hydrogen) atoms. The number of benzene rings is 1. The van der Waals surface area contributed by atoms with Crippen LogP contribution < -0.4 is 5.32 Å². The summed E-state index contributed by atoms with van der Waals surface area (Å²) in [5.74, 6) is -0.683. The number of amides is 2. The van der Waals surface area contributed by atoms with E-state index < -0.39 is 23.7 Å². The lowest BCUT2D eigenvalue weighted by atomic mass is 10.1. The lowest BCUT2D eigenvalue weighted by molar-refractivity contribution is -0.139. The molecule has 1 N–H and O–H groups in total. The summed E-state index contributed by atoms with van der Waals surface area (Å²) in [5.41, 5.74) is 1.07. The Bertz CT molecular complexity index is 777. The quantitative estimate of drug-likeness (QED) is 0.901. The van der Waals surface area contributed by atoms with Gasteiger partial charge in [-0.15, -0.1) is 11.3 Å². The van der Waals surface area contributed by atoms with Crippen molar-refractivity contribution in [1.82, 2.24) is 15.2 Å². The molecule has 1 aromatic carbocycles. The molecule has 0 saturated carbocycles. The molecule has 2 heterocycles. The van der Waals surface area contributed by atoms with Crippen LogP contribution >= 0.6 is 11.3 Å². The molecule has 9 heteroatoms. The number of rotatable bonds is 4. The Labute approximate surface area is 145 Å². The number of thiazole rings is 1. The molecule has 0 bridgehead atoms. The molecule has 0 unspecified atom stereocenters. The monoisotopic (exact) mass is 369 g/mol. The molecule has 1 fully saturated rings. The highest BCUT2D eigenvalue weighted by atomic mass is 32.1. The zero-order valence-corrected chi connectivity index (χ0v) is 13.7. The van der Waals surface area contributed by atoms with Crippen LogP contribution in [0.25, 0.3) is 0 Å². The molecule has 0 radical (unpaired) electrons. The highest BCUT2D eigenvalue weighted by Gasteiger charge is 2.36. The molecule has 1 saturated heterocycles. The zero-order chi connectivity index (χ0) is 18.0. The van der Waals surface area contributed by atoms with Gasteiger partial charge in [-0.05, 0) is 11.6 Å². The summed E-state index contributed by atoms with van der Waals surface area (Å²) >= 11 is 1.28. The summed E-state index contributed by atoms with van der Waals surface area (Å²) in [6.07, 6.45) is -4.42. The van der Waals surface area contributed by atoms with Crippen molar-refractivity contribution in [3.8, 4) is 0 Å². The first-order valence-electron chi connectivity index (χ1n) is 7.46. The van der Waals surface area contributed by atoms with Crippen molar-refractivity contribution in [3.63, 3.8) is 0 Å². The average Bonchev–Trinajstić information content (AvgIpc) is 3.18. The minimum Gasteiger partial charge on any atom is -0.346 e. The third kappa shape index (κ3) is 3.98. The Morgan fingerprint density at radius 2 is 2.12 bits per heavy atom. The molecule has 2 aromatic rings. The van der Waals surface area contributed by atoms with Crippen molar-refractivity contribution >= 4 is 23.2 Å². The predicted octanol–water partition coefficient (Wildman–Crippen LogP) is 2.69. The SMILES string of the molecule is O=C(N[C@H]1CC(=O)N(Cc2ccccc2C(F)(F)F)C1)c1cscn1. The van der Waals surface area contributed by atoms with E-state index >= 15 is 0 Å². The fourth-order valence-corrected chi connectivity index (χ4v) is 3.28. The molecule has 0 aliphatic carbocycles. The van der Waals surface area contributed by atoms with Crippen molar-refractivity contribution in [2.45, 2.75) is 25.2 Å². The first-order chi connectivity index (χ1) is 11.8. The second-order valence-corrected chi connectivity index (χ2v) is 6.40. The van der Waals surface area contributed by atoms with Crippen LogP contribution in [0.3, 0.4) is 0 Å². The molecule has 1 atom stereocenters. The van der Waals surface area contributed by atoms with Gasteiger partial charge in [0.25, 0.3) is 5.91 Å². The Morgan fingerprint density at radius 1 is 1.36 bits per heavy atom. The maximum atomic E-state index is 13.1. The van der Waals surface area contributed by atoms with Gasteiger partial charge in [0.05, 0.1) is 17.1 Å². The van der Waals surface area contributed by atoms with Crippen LogP contribution in [0.5, 0.6) is 0 Å². The molecule has 1 aliphatic rings. The van der Waals surface area contributed by atoms with Crippen molar-refractivity contribution in [2.75, 3.05) is 6.54 Å². The second kappa shape index (κ2) is 6.83. The standard InChI is InChI=1S/C16H14F3N3O2S/c17-16(18,19)12-4-2-1-3-10(12)6-22-7-11(5-14(22)23)21-15(24)13-8-25-9-20-13/h1-4,8-9,11H,5-7H2,(H,21,24)/t11-/m0/s1. The van der Waals surface area contributed by atoms with Gasteiger partial charge >= 0.3 is 6.18 Å². The molecular formula is C16H14F3N3O2S. The van der Waals surface area contributed by atoms with Gasteiger partial charge in [0.1, 0.15) is 5.69 Å². The largest absolute Gasteiger partial charge is 0.416 e. The topological polar surface area (TPSA) is 62.3 Å². The van der Waals surface area contributed by atoms with Gasteiger partial charge in [-0.3, -0.25) is 9.59 Å². The number of carbonyl (C=O) groups excluding carboxylic acids is 2. The third-order valence-electron chi connectivity index (χ3n) is 3.90. The number of carbonyl (C=O) groups is 2. The fraction of sp³-hybridized carbons (Fsp3) is 0.312. The van der Waals surface area contributed by atoms with E-state index in [1.165, 1.54) is 39.9 Å². The predicted molar refractivity (Wildman–Crippen MR) is 84.8 cm³/mol. The number of likely N-dealkylation sites (tertiary alicyclic amines) is 1. The van der Waals surface area contributed by atoms with E-state index in [-0.39, 0.29) is 36.7 Å².